The lowest BCUT2D eigenvalue weighted by Crippen LogP contribution is -2.30. The van der Waals surface area contributed by atoms with E-state index in [1.165, 1.54) is 24.9 Å². The number of nitrogens with zero attached hydrogens (tertiary/aromatic N) is 3. The summed E-state index contributed by atoms with van der Waals surface area (Å²) < 4.78 is 39.5. The topological polar surface area (TPSA) is 41.0 Å². The van der Waals surface area contributed by atoms with Crippen molar-refractivity contribution in [1.29, 1.82) is 0 Å². The molecule has 0 bridgehead atoms. The molecule has 0 saturated carbocycles. The lowest BCUT2D eigenvalue weighted by Gasteiger charge is -2.27. The maximum absolute atomic E-state index is 13.2. The van der Waals surface area contributed by atoms with Gasteiger partial charge < -0.3 is 10.2 Å². The molecule has 1 aromatic heterocycles. The summed E-state index contributed by atoms with van der Waals surface area (Å²) in [5, 5.41) is 2.76. The maximum atomic E-state index is 13.2. The quantitative estimate of drug-likeness (QED) is 0.850. The van der Waals surface area contributed by atoms with Gasteiger partial charge in [0, 0.05) is 24.2 Å². The molecule has 1 fully saturated rings. The number of benzene rings is 1. The van der Waals surface area contributed by atoms with E-state index >= 15 is 0 Å². The minimum Gasteiger partial charge on any atom is -0.356 e. The van der Waals surface area contributed by atoms with E-state index in [4.69, 9.17) is 11.6 Å². The Labute approximate surface area is 142 Å². The fourth-order valence-corrected chi connectivity index (χ4v) is 2.88. The van der Waals surface area contributed by atoms with E-state index in [9.17, 15) is 13.2 Å². The first-order valence-electron chi connectivity index (χ1n) is 7.64. The zero-order valence-electron chi connectivity index (χ0n) is 12.8. The van der Waals surface area contributed by atoms with Gasteiger partial charge in [0.1, 0.15) is 18.0 Å². The smallest absolute Gasteiger partial charge is 0.356 e. The van der Waals surface area contributed by atoms with Gasteiger partial charge in [-0.05, 0) is 37.5 Å². The molecular weight excluding hydrogens is 341 g/mol. The highest BCUT2D eigenvalue weighted by atomic mass is 35.5. The van der Waals surface area contributed by atoms with Crippen molar-refractivity contribution in [3.63, 3.8) is 0 Å². The average Bonchev–Trinajstić information content (AvgIpc) is 2.57. The van der Waals surface area contributed by atoms with Gasteiger partial charge >= 0.3 is 6.18 Å². The van der Waals surface area contributed by atoms with Gasteiger partial charge in [0.2, 0.25) is 0 Å². The highest BCUT2D eigenvalue weighted by Gasteiger charge is 2.34. The number of nitrogens with one attached hydrogen (secondary N) is 1. The summed E-state index contributed by atoms with van der Waals surface area (Å²) in [7, 11) is 0. The summed E-state index contributed by atoms with van der Waals surface area (Å²) in [5.41, 5.74) is -0.914. The maximum Gasteiger partial charge on any atom is 0.418 e. The van der Waals surface area contributed by atoms with Gasteiger partial charge in [-0.1, -0.05) is 11.6 Å². The first kappa shape index (κ1) is 16.8. The molecule has 0 radical (unpaired) electrons. The first-order valence-corrected chi connectivity index (χ1v) is 8.02. The number of hydrogen-bond donors (Lipinski definition) is 1. The van der Waals surface area contributed by atoms with Crippen LogP contribution in [0.15, 0.2) is 30.6 Å². The van der Waals surface area contributed by atoms with Crippen molar-refractivity contribution >= 4 is 28.9 Å². The van der Waals surface area contributed by atoms with Crippen molar-refractivity contribution in [1.82, 2.24) is 9.97 Å². The van der Waals surface area contributed by atoms with E-state index in [0.717, 1.165) is 37.8 Å². The van der Waals surface area contributed by atoms with Crippen LogP contribution in [0, 0.1) is 0 Å². The second-order valence-corrected chi connectivity index (χ2v) is 6.06. The Kier molecular flexibility index (Phi) is 4.80. The predicted octanol–water partition coefficient (Wildman–Crippen LogP) is 4.88. The van der Waals surface area contributed by atoms with Gasteiger partial charge in [-0.15, -0.1) is 0 Å². The molecule has 8 heteroatoms. The van der Waals surface area contributed by atoms with Crippen molar-refractivity contribution in [2.24, 2.45) is 0 Å². The fraction of sp³-hybridized carbons (Fsp3) is 0.375. The Bertz CT molecular complexity index is 715. The number of anilines is 3. The summed E-state index contributed by atoms with van der Waals surface area (Å²) in [6.07, 6.45) is 0.210. The number of halogens is 4. The number of alkyl halides is 3. The van der Waals surface area contributed by atoms with Crippen LogP contribution in [0.1, 0.15) is 24.8 Å². The molecule has 0 unspecified atom stereocenters. The number of rotatable bonds is 3. The van der Waals surface area contributed by atoms with Crippen LogP contribution in [-0.2, 0) is 6.18 Å². The molecule has 0 aliphatic carbocycles. The highest BCUT2D eigenvalue weighted by Crippen LogP contribution is 2.37. The fourth-order valence-electron chi connectivity index (χ4n) is 2.71. The van der Waals surface area contributed by atoms with Crippen molar-refractivity contribution in [3.8, 4) is 0 Å². The predicted molar refractivity (Wildman–Crippen MR) is 87.8 cm³/mol. The van der Waals surface area contributed by atoms with E-state index in [0.29, 0.717) is 5.82 Å². The lowest BCUT2D eigenvalue weighted by atomic mass is 10.1. The SMILES string of the molecule is FC(F)(F)c1cc(Cl)ccc1Nc1cc(N2CCCCC2)ncn1. The lowest BCUT2D eigenvalue weighted by molar-refractivity contribution is -0.136. The van der Waals surface area contributed by atoms with Crippen LogP contribution in [0.4, 0.5) is 30.5 Å². The van der Waals surface area contributed by atoms with Gasteiger partial charge in [0.25, 0.3) is 0 Å². The molecule has 0 spiro atoms. The molecule has 1 N–H and O–H groups in total. The van der Waals surface area contributed by atoms with Crippen LogP contribution in [0.25, 0.3) is 0 Å². The average molecular weight is 357 g/mol. The van der Waals surface area contributed by atoms with Gasteiger partial charge in [0.15, 0.2) is 0 Å². The molecule has 1 aliphatic heterocycles. The van der Waals surface area contributed by atoms with Crippen molar-refractivity contribution in [2.75, 3.05) is 23.3 Å². The van der Waals surface area contributed by atoms with Crippen LogP contribution in [0.2, 0.25) is 5.02 Å². The molecule has 128 valence electrons. The molecule has 1 aliphatic rings. The summed E-state index contributed by atoms with van der Waals surface area (Å²) in [6, 6.07) is 5.27. The first-order chi connectivity index (χ1) is 11.4. The Morgan fingerprint density at radius 3 is 2.50 bits per heavy atom. The number of hydrogen-bond acceptors (Lipinski definition) is 4. The van der Waals surface area contributed by atoms with Gasteiger partial charge in [-0.2, -0.15) is 13.2 Å². The molecule has 1 saturated heterocycles. The Morgan fingerprint density at radius 1 is 1.04 bits per heavy atom. The molecule has 2 aromatic rings. The van der Waals surface area contributed by atoms with Crippen LogP contribution in [0.3, 0.4) is 0 Å². The molecular formula is C16H16ClF3N4. The Hall–Kier alpha value is -2.02. The Balaban J connectivity index is 1.86. The van der Waals surface area contributed by atoms with Gasteiger partial charge in [0.05, 0.1) is 11.3 Å². The molecule has 1 aromatic carbocycles. The zero-order valence-corrected chi connectivity index (χ0v) is 13.5. The zero-order chi connectivity index (χ0) is 17.2. The summed E-state index contributed by atoms with van der Waals surface area (Å²) in [4.78, 5) is 10.4. The van der Waals surface area contributed by atoms with Crippen LogP contribution >= 0.6 is 11.6 Å². The van der Waals surface area contributed by atoms with Gasteiger partial charge in [-0.25, -0.2) is 9.97 Å². The molecule has 24 heavy (non-hydrogen) atoms. The van der Waals surface area contributed by atoms with Crippen LogP contribution in [0.5, 0.6) is 0 Å². The molecule has 2 heterocycles. The van der Waals surface area contributed by atoms with E-state index in [1.54, 1.807) is 6.07 Å². The minimum absolute atomic E-state index is 0.0320. The second-order valence-electron chi connectivity index (χ2n) is 5.62. The van der Waals surface area contributed by atoms with E-state index in [-0.39, 0.29) is 10.7 Å². The molecule has 0 atom stereocenters. The largest absolute Gasteiger partial charge is 0.418 e. The van der Waals surface area contributed by atoms with E-state index in [2.05, 4.69) is 20.2 Å². The third-order valence-corrected chi connectivity index (χ3v) is 4.12. The van der Waals surface area contributed by atoms with Gasteiger partial charge in [-0.3, -0.25) is 0 Å². The summed E-state index contributed by atoms with van der Waals surface area (Å²) in [5.74, 6) is 1.04. The van der Waals surface area contributed by atoms with Crippen molar-refractivity contribution in [3.05, 3.63) is 41.2 Å². The van der Waals surface area contributed by atoms with E-state index < -0.39 is 11.7 Å². The third kappa shape index (κ3) is 3.90. The summed E-state index contributed by atoms with van der Waals surface area (Å²) in [6.45, 7) is 1.79. The number of aromatic nitrogens is 2. The van der Waals surface area contributed by atoms with Crippen molar-refractivity contribution in [2.45, 2.75) is 25.4 Å². The third-order valence-electron chi connectivity index (χ3n) is 3.88. The van der Waals surface area contributed by atoms with Crippen molar-refractivity contribution < 1.29 is 13.2 Å². The minimum atomic E-state index is -4.50. The summed E-state index contributed by atoms with van der Waals surface area (Å²) >= 11 is 5.69. The second kappa shape index (κ2) is 6.84. The van der Waals surface area contributed by atoms with E-state index in [1.807, 2.05) is 0 Å². The molecule has 4 nitrogen and oxygen atoms in total. The monoisotopic (exact) mass is 356 g/mol. The number of piperidine rings is 1. The standard InChI is InChI=1S/C16H16ClF3N4/c17-11-4-5-13(12(8-11)16(18,19)20)23-14-9-15(22-10-21-14)24-6-2-1-3-7-24/h4-5,8-10H,1-3,6-7H2,(H,21,22,23). The normalized spacial score (nSPS) is 15.4. The highest BCUT2D eigenvalue weighted by molar-refractivity contribution is 6.30. The van der Waals surface area contributed by atoms with Crippen LogP contribution in [-0.4, -0.2) is 23.1 Å². The Morgan fingerprint density at radius 2 is 1.79 bits per heavy atom. The van der Waals surface area contributed by atoms with Crippen LogP contribution < -0.4 is 10.2 Å². The molecule has 3 rings (SSSR count). The molecule has 0 amide bonds.